The molecule has 3 amide bonds. The molecule has 1 aliphatic carbocycles. The van der Waals surface area contributed by atoms with Gasteiger partial charge in [-0.05, 0) is 57.8 Å². The van der Waals surface area contributed by atoms with E-state index >= 15 is 0 Å². The molecular weight excluding hydrogens is 384 g/mol. The number of hydrogen-bond acceptors (Lipinski definition) is 5. The molecule has 1 aliphatic heterocycles. The number of piperidine rings is 1. The van der Waals surface area contributed by atoms with Crippen LogP contribution >= 0.6 is 11.3 Å². The molecule has 1 atom stereocenters. The summed E-state index contributed by atoms with van der Waals surface area (Å²) in [6.07, 6.45) is 7.55. The van der Waals surface area contributed by atoms with Crippen LogP contribution in [-0.2, 0) is 4.79 Å². The number of hydrogen-bond donors (Lipinski definition) is 2. The molecule has 2 N–H and O–H groups in total. The van der Waals surface area contributed by atoms with Crippen molar-refractivity contribution >= 4 is 33.5 Å². The maximum Gasteiger partial charge on any atom is 0.321 e. The van der Waals surface area contributed by atoms with Gasteiger partial charge in [-0.15, -0.1) is 11.3 Å². The fourth-order valence-electron chi connectivity index (χ4n) is 4.45. The number of aromatic nitrogens is 1. The minimum absolute atomic E-state index is 0.205. The van der Waals surface area contributed by atoms with Crippen LogP contribution in [0.4, 0.5) is 4.79 Å². The van der Waals surface area contributed by atoms with Gasteiger partial charge < -0.3 is 5.32 Å². The number of nitrogens with one attached hydrogen (secondary N) is 2. The lowest BCUT2D eigenvalue weighted by Crippen LogP contribution is -2.52. The number of thiazole rings is 1. The normalized spacial score (nSPS) is 20.4. The van der Waals surface area contributed by atoms with E-state index in [-0.39, 0.29) is 24.0 Å². The Balaban J connectivity index is 1.26. The van der Waals surface area contributed by atoms with Gasteiger partial charge in [0.2, 0.25) is 5.91 Å². The zero-order valence-electron chi connectivity index (χ0n) is 17.0. The van der Waals surface area contributed by atoms with Crippen LogP contribution in [-0.4, -0.2) is 47.0 Å². The fraction of sp³-hybridized carbons (Fsp3) is 0.591. The second-order valence-corrected chi connectivity index (χ2v) is 9.37. The smallest absolute Gasteiger partial charge is 0.321 e. The molecule has 0 bridgehead atoms. The summed E-state index contributed by atoms with van der Waals surface area (Å²) in [6.45, 7) is 3.58. The van der Waals surface area contributed by atoms with Crippen molar-refractivity contribution in [2.24, 2.45) is 0 Å². The van der Waals surface area contributed by atoms with Crippen LogP contribution in [0.25, 0.3) is 10.2 Å². The number of benzene rings is 1. The highest BCUT2D eigenvalue weighted by atomic mass is 32.1. The van der Waals surface area contributed by atoms with Crippen LogP contribution in [0.5, 0.6) is 0 Å². The van der Waals surface area contributed by atoms with E-state index in [4.69, 9.17) is 4.98 Å². The van der Waals surface area contributed by atoms with Crippen LogP contribution in [0.2, 0.25) is 0 Å². The van der Waals surface area contributed by atoms with E-state index in [9.17, 15) is 9.59 Å². The standard InChI is InChI=1S/C22H30N4O2S/c1-15(20(27)25-22(28)23-17-7-3-2-4-8-17)26-13-11-16(12-14-26)21-24-18-9-5-6-10-19(18)29-21/h5-6,9-10,15-17H,2-4,7-8,11-14H2,1H3,(H2,23,25,27,28). The highest BCUT2D eigenvalue weighted by Crippen LogP contribution is 2.34. The molecule has 0 spiro atoms. The zero-order valence-corrected chi connectivity index (χ0v) is 17.8. The Morgan fingerprint density at radius 3 is 2.55 bits per heavy atom. The molecule has 1 saturated heterocycles. The van der Waals surface area contributed by atoms with E-state index in [1.54, 1.807) is 11.3 Å². The average molecular weight is 415 g/mol. The summed E-state index contributed by atoms with van der Waals surface area (Å²) in [4.78, 5) is 31.7. The summed E-state index contributed by atoms with van der Waals surface area (Å²) in [5.74, 6) is 0.241. The minimum Gasteiger partial charge on any atom is -0.335 e. The van der Waals surface area contributed by atoms with E-state index in [2.05, 4.69) is 33.7 Å². The third-order valence-corrected chi connectivity index (χ3v) is 7.49. The second-order valence-electron chi connectivity index (χ2n) is 8.30. The summed E-state index contributed by atoms with van der Waals surface area (Å²) < 4.78 is 1.24. The number of para-hydroxylation sites is 1. The van der Waals surface area contributed by atoms with Crippen molar-refractivity contribution in [3.05, 3.63) is 29.3 Å². The Kier molecular flexibility index (Phi) is 6.45. The Bertz CT molecular complexity index is 820. The molecule has 1 aromatic heterocycles. The van der Waals surface area contributed by atoms with Gasteiger partial charge in [0.15, 0.2) is 0 Å². The predicted molar refractivity (Wildman–Crippen MR) is 116 cm³/mol. The quantitative estimate of drug-likeness (QED) is 0.792. The van der Waals surface area contributed by atoms with Gasteiger partial charge in [0.25, 0.3) is 0 Å². The first-order valence-electron chi connectivity index (χ1n) is 10.8. The van der Waals surface area contributed by atoms with E-state index < -0.39 is 0 Å². The van der Waals surface area contributed by atoms with Crippen molar-refractivity contribution in [1.82, 2.24) is 20.5 Å². The topological polar surface area (TPSA) is 74.3 Å². The molecule has 4 rings (SSSR count). The van der Waals surface area contributed by atoms with Crippen LogP contribution in [0.3, 0.4) is 0 Å². The molecule has 2 aromatic rings. The van der Waals surface area contributed by atoms with Crippen molar-refractivity contribution in [2.75, 3.05) is 13.1 Å². The van der Waals surface area contributed by atoms with Gasteiger partial charge in [-0.2, -0.15) is 0 Å². The van der Waals surface area contributed by atoms with Crippen molar-refractivity contribution in [2.45, 2.75) is 69.9 Å². The van der Waals surface area contributed by atoms with E-state index in [0.717, 1.165) is 57.1 Å². The average Bonchev–Trinajstić information content (AvgIpc) is 3.18. The number of amides is 3. The molecule has 2 fully saturated rings. The number of imide groups is 1. The molecule has 29 heavy (non-hydrogen) atoms. The highest BCUT2D eigenvalue weighted by molar-refractivity contribution is 7.18. The highest BCUT2D eigenvalue weighted by Gasteiger charge is 2.29. The molecule has 1 saturated carbocycles. The van der Waals surface area contributed by atoms with E-state index in [1.165, 1.54) is 16.1 Å². The molecule has 2 heterocycles. The second kappa shape index (κ2) is 9.22. The minimum atomic E-state index is -0.349. The zero-order chi connectivity index (χ0) is 20.2. The number of rotatable bonds is 4. The van der Waals surface area contributed by atoms with Crippen LogP contribution in [0, 0.1) is 0 Å². The lowest BCUT2D eigenvalue weighted by atomic mass is 9.96. The number of likely N-dealkylation sites (tertiary alicyclic amines) is 1. The monoisotopic (exact) mass is 414 g/mol. The molecule has 1 unspecified atom stereocenters. The van der Waals surface area contributed by atoms with Gasteiger partial charge in [-0.3, -0.25) is 15.0 Å². The Labute approximate surface area is 176 Å². The lowest BCUT2D eigenvalue weighted by molar-refractivity contribution is -0.125. The third-order valence-electron chi connectivity index (χ3n) is 6.29. The van der Waals surface area contributed by atoms with Crippen LogP contribution in [0.15, 0.2) is 24.3 Å². The maximum atomic E-state index is 12.5. The predicted octanol–water partition coefficient (Wildman–Crippen LogP) is 4.02. The largest absolute Gasteiger partial charge is 0.335 e. The molecule has 2 aliphatic rings. The third kappa shape index (κ3) is 4.95. The molecule has 6 nitrogen and oxygen atoms in total. The van der Waals surface area contributed by atoms with Gasteiger partial charge in [0, 0.05) is 12.0 Å². The van der Waals surface area contributed by atoms with Crippen molar-refractivity contribution < 1.29 is 9.59 Å². The summed E-state index contributed by atoms with van der Waals surface area (Å²) >= 11 is 1.78. The summed E-state index contributed by atoms with van der Waals surface area (Å²) in [5, 5.41) is 6.70. The van der Waals surface area contributed by atoms with E-state index in [1.807, 2.05) is 13.0 Å². The lowest BCUT2D eigenvalue weighted by Gasteiger charge is -2.34. The Morgan fingerprint density at radius 1 is 1.10 bits per heavy atom. The number of urea groups is 1. The van der Waals surface area contributed by atoms with Gasteiger partial charge in [-0.25, -0.2) is 9.78 Å². The van der Waals surface area contributed by atoms with Crippen molar-refractivity contribution in [3.63, 3.8) is 0 Å². The first kappa shape index (κ1) is 20.3. The molecule has 7 heteroatoms. The molecule has 156 valence electrons. The van der Waals surface area contributed by atoms with E-state index in [0.29, 0.717) is 5.92 Å². The fourth-order valence-corrected chi connectivity index (χ4v) is 5.59. The van der Waals surface area contributed by atoms with Gasteiger partial charge in [0.05, 0.1) is 21.3 Å². The first-order valence-corrected chi connectivity index (χ1v) is 11.6. The van der Waals surface area contributed by atoms with Crippen molar-refractivity contribution in [3.8, 4) is 0 Å². The molecule has 0 radical (unpaired) electrons. The number of fused-ring (bicyclic) bond motifs is 1. The summed E-state index contributed by atoms with van der Waals surface area (Å²) in [6, 6.07) is 7.82. The number of carbonyl (C=O) groups is 2. The maximum absolute atomic E-state index is 12.5. The summed E-state index contributed by atoms with van der Waals surface area (Å²) in [7, 11) is 0. The molecular formula is C22H30N4O2S. The number of nitrogens with zero attached hydrogens (tertiary/aromatic N) is 2. The SMILES string of the molecule is CC(C(=O)NC(=O)NC1CCCCC1)N1CCC(c2nc3ccccc3s2)CC1. The Hall–Kier alpha value is -1.99. The van der Waals surface area contributed by atoms with Gasteiger partial charge >= 0.3 is 6.03 Å². The van der Waals surface area contributed by atoms with Crippen molar-refractivity contribution in [1.29, 1.82) is 0 Å². The van der Waals surface area contributed by atoms with Gasteiger partial charge in [-0.1, -0.05) is 31.4 Å². The summed E-state index contributed by atoms with van der Waals surface area (Å²) in [5.41, 5.74) is 1.08. The van der Waals surface area contributed by atoms with Gasteiger partial charge in [0.1, 0.15) is 0 Å². The van der Waals surface area contributed by atoms with Crippen LogP contribution in [0.1, 0.15) is 62.8 Å². The first-order chi connectivity index (χ1) is 14.1. The van der Waals surface area contributed by atoms with Crippen LogP contribution < -0.4 is 10.6 Å². The Morgan fingerprint density at radius 2 is 1.83 bits per heavy atom. The number of carbonyl (C=O) groups excluding carboxylic acids is 2. The molecule has 1 aromatic carbocycles.